The lowest BCUT2D eigenvalue weighted by molar-refractivity contribution is 0.306. The van der Waals surface area contributed by atoms with Gasteiger partial charge < -0.3 is 10.1 Å². The monoisotopic (exact) mass is 247 g/mol. The molecule has 0 spiro atoms. The Hall–Kier alpha value is -1.02. The van der Waals surface area contributed by atoms with Crippen LogP contribution in [-0.2, 0) is 6.42 Å². The molecule has 1 aliphatic rings. The van der Waals surface area contributed by atoms with E-state index in [2.05, 4.69) is 37.4 Å². The van der Waals surface area contributed by atoms with Crippen molar-refractivity contribution in [1.82, 2.24) is 5.32 Å². The van der Waals surface area contributed by atoms with Crippen LogP contribution in [-0.4, -0.2) is 13.2 Å². The zero-order chi connectivity index (χ0) is 12.8. The zero-order valence-electron chi connectivity index (χ0n) is 11.7. The minimum absolute atomic E-state index is 0.555. The molecule has 1 aromatic rings. The van der Waals surface area contributed by atoms with Crippen LogP contribution in [0.5, 0.6) is 5.75 Å². The van der Waals surface area contributed by atoms with E-state index in [0.717, 1.165) is 25.3 Å². The van der Waals surface area contributed by atoms with Crippen LogP contribution in [0, 0.1) is 0 Å². The molecule has 0 saturated carbocycles. The quantitative estimate of drug-likeness (QED) is 0.739. The molecule has 2 nitrogen and oxygen atoms in total. The second-order valence-electron chi connectivity index (χ2n) is 5.07. The van der Waals surface area contributed by atoms with Gasteiger partial charge in [-0.1, -0.05) is 32.8 Å². The van der Waals surface area contributed by atoms with Crippen molar-refractivity contribution in [3.8, 4) is 5.75 Å². The van der Waals surface area contributed by atoms with E-state index in [0.29, 0.717) is 6.04 Å². The number of hydrogen-bond donors (Lipinski definition) is 1. The van der Waals surface area contributed by atoms with Crippen molar-refractivity contribution in [1.29, 1.82) is 0 Å². The number of unbranched alkanes of at least 4 members (excludes halogenated alkanes) is 2. The van der Waals surface area contributed by atoms with Gasteiger partial charge in [0, 0.05) is 6.04 Å². The Kier molecular flexibility index (Phi) is 5.06. The van der Waals surface area contributed by atoms with Gasteiger partial charge in [0.2, 0.25) is 0 Å². The summed E-state index contributed by atoms with van der Waals surface area (Å²) in [5, 5.41) is 3.54. The average molecular weight is 247 g/mol. The van der Waals surface area contributed by atoms with Crippen molar-refractivity contribution < 1.29 is 4.74 Å². The molecule has 0 bridgehead atoms. The highest BCUT2D eigenvalue weighted by Gasteiger charge is 2.21. The average Bonchev–Trinajstić information content (AvgIpc) is 2.78. The normalized spacial score (nSPS) is 17.8. The molecule has 0 fully saturated rings. The first kappa shape index (κ1) is 13.4. The fraction of sp³-hybridized carbons (Fsp3) is 0.625. The maximum atomic E-state index is 5.81. The molecule has 0 amide bonds. The molecular weight excluding hydrogens is 222 g/mol. The lowest BCUT2D eigenvalue weighted by atomic mass is 10.1. The maximum Gasteiger partial charge on any atom is 0.119 e. The van der Waals surface area contributed by atoms with Crippen LogP contribution >= 0.6 is 0 Å². The third kappa shape index (κ3) is 3.26. The largest absolute Gasteiger partial charge is 0.494 e. The maximum absolute atomic E-state index is 5.81. The van der Waals surface area contributed by atoms with Crippen molar-refractivity contribution in [3.05, 3.63) is 29.3 Å². The van der Waals surface area contributed by atoms with Gasteiger partial charge in [-0.05, 0) is 49.1 Å². The molecule has 1 unspecified atom stereocenters. The predicted molar refractivity (Wildman–Crippen MR) is 76.2 cm³/mol. The summed E-state index contributed by atoms with van der Waals surface area (Å²) in [6.45, 7) is 6.28. The van der Waals surface area contributed by atoms with Crippen LogP contribution < -0.4 is 10.1 Å². The van der Waals surface area contributed by atoms with Gasteiger partial charge in [0.05, 0.1) is 6.61 Å². The van der Waals surface area contributed by atoms with E-state index in [4.69, 9.17) is 4.74 Å². The molecule has 0 heterocycles. The minimum atomic E-state index is 0.555. The first-order valence-corrected chi connectivity index (χ1v) is 7.34. The van der Waals surface area contributed by atoms with Crippen LogP contribution in [0.2, 0.25) is 0 Å². The molecule has 100 valence electrons. The fourth-order valence-corrected chi connectivity index (χ4v) is 2.68. The summed E-state index contributed by atoms with van der Waals surface area (Å²) in [5.41, 5.74) is 2.94. The third-order valence-corrected chi connectivity index (χ3v) is 3.66. The van der Waals surface area contributed by atoms with Crippen molar-refractivity contribution in [2.75, 3.05) is 13.2 Å². The van der Waals surface area contributed by atoms with Gasteiger partial charge in [0.1, 0.15) is 5.75 Å². The molecule has 2 heteroatoms. The summed E-state index contributed by atoms with van der Waals surface area (Å²) in [5.74, 6) is 1.04. The molecule has 0 aromatic heterocycles. The topological polar surface area (TPSA) is 21.3 Å². The van der Waals surface area contributed by atoms with Gasteiger partial charge in [0.15, 0.2) is 0 Å². The van der Waals surface area contributed by atoms with Gasteiger partial charge in [-0.15, -0.1) is 0 Å². The molecule has 1 N–H and O–H groups in total. The molecule has 18 heavy (non-hydrogen) atoms. The lowest BCUT2D eigenvalue weighted by Gasteiger charge is -2.13. The van der Waals surface area contributed by atoms with Crippen molar-refractivity contribution in [3.63, 3.8) is 0 Å². The SMILES string of the molecule is CCCCCOc1ccc2c(c1)CCC2NCC. The Morgan fingerprint density at radius 3 is 2.94 bits per heavy atom. The summed E-state index contributed by atoms with van der Waals surface area (Å²) in [7, 11) is 0. The molecule has 2 rings (SSSR count). The summed E-state index contributed by atoms with van der Waals surface area (Å²) >= 11 is 0. The van der Waals surface area contributed by atoms with Crippen LogP contribution in [0.25, 0.3) is 0 Å². The van der Waals surface area contributed by atoms with Gasteiger partial charge in [-0.2, -0.15) is 0 Å². The number of ether oxygens (including phenoxy) is 1. The summed E-state index contributed by atoms with van der Waals surface area (Å²) in [6.07, 6.45) is 6.07. The molecule has 1 atom stereocenters. The third-order valence-electron chi connectivity index (χ3n) is 3.66. The Labute approximate surface area is 111 Å². The van der Waals surface area contributed by atoms with Gasteiger partial charge in [0.25, 0.3) is 0 Å². The van der Waals surface area contributed by atoms with Crippen molar-refractivity contribution in [2.45, 2.75) is 52.0 Å². The Balaban J connectivity index is 1.92. The highest BCUT2D eigenvalue weighted by molar-refractivity contribution is 5.40. The van der Waals surface area contributed by atoms with Crippen LogP contribution in [0.4, 0.5) is 0 Å². The number of hydrogen-bond acceptors (Lipinski definition) is 2. The minimum Gasteiger partial charge on any atom is -0.494 e. The standard InChI is InChI=1S/C16H25NO/c1-3-5-6-11-18-14-8-9-15-13(12-14)7-10-16(15)17-4-2/h8-9,12,16-17H,3-7,10-11H2,1-2H3. The number of benzene rings is 1. The van der Waals surface area contributed by atoms with E-state index in [1.165, 1.54) is 36.8 Å². The second-order valence-corrected chi connectivity index (χ2v) is 5.07. The zero-order valence-corrected chi connectivity index (χ0v) is 11.7. The Bertz CT molecular complexity index is 375. The smallest absolute Gasteiger partial charge is 0.119 e. The van der Waals surface area contributed by atoms with E-state index in [-0.39, 0.29) is 0 Å². The summed E-state index contributed by atoms with van der Waals surface area (Å²) in [4.78, 5) is 0. The second kappa shape index (κ2) is 6.79. The summed E-state index contributed by atoms with van der Waals surface area (Å²) in [6, 6.07) is 7.16. The van der Waals surface area contributed by atoms with Crippen LogP contribution in [0.1, 0.15) is 56.7 Å². The number of aryl methyl sites for hydroxylation is 1. The van der Waals surface area contributed by atoms with Crippen LogP contribution in [0.3, 0.4) is 0 Å². The molecule has 0 saturated heterocycles. The van der Waals surface area contributed by atoms with E-state index in [9.17, 15) is 0 Å². The van der Waals surface area contributed by atoms with Gasteiger partial charge >= 0.3 is 0 Å². The van der Waals surface area contributed by atoms with Gasteiger partial charge in [-0.25, -0.2) is 0 Å². The Morgan fingerprint density at radius 2 is 2.17 bits per heavy atom. The van der Waals surface area contributed by atoms with E-state index >= 15 is 0 Å². The fourth-order valence-electron chi connectivity index (χ4n) is 2.68. The molecule has 0 aliphatic heterocycles. The highest BCUT2D eigenvalue weighted by Crippen LogP contribution is 2.33. The molecule has 1 aliphatic carbocycles. The Morgan fingerprint density at radius 1 is 1.28 bits per heavy atom. The van der Waals surface area contributed by atoms with E-state index in [1.54, 1.807) is 0 Å². The lowest BCUT2D eigenvalue weighted by Crippen LogP contribution is -2.18. The molecule has 0 radical (unpaired) electrons. The number of fused-ring (bicyclic) bond motifs is 1. The van der Waals surface area contributed by atoms with E-state index < -0.39 is 0 Å². The first-order valence-electron chi connectivity index (χ1n) is 7.34. The predicted octanol–water partition coefficient (Wildman–Crippen LogP) is 3.85. The first-order chi connectivity index (χ1) is 8.85. The number of nitrogens with one attached hydrogen (secondary N) is 1. The summed E-state index contributed by atoms with van der Waals surface area (Å²) < 4.78 is 5.81. The van der Waals surface area contributed by atoms with Crippen molar-refractivity contribution >= 4 is 0 Å². The molecular formula is C16H25NO. The molecule has 1 aromatic carbocycles. The van der Waals surface area contributed by atoms with E-state index in [1.807, 2.05) is 0 Å². The van der Waals surface area contributed by atoms with Crippen LogP contribution in [0.15, 0.2) is 18.2 Å². The highest BCUT2D eigenvalue weighted by atomic mass is 16.5. The van der Waals surface area contributed by atoms with Crippen molar-refractivity contribution in [2.24, 2.45) is 0 Å². The van der Waals surface area contributed by atoms with Gasteiger partial charge in [-0.3, -0.25) is 0 Å². The number of rotatable bonds is 7.